The van der Waals surface area contributed by atoms with E-state index in [1.54, 1.807) is 6.20 Å². The molecule has 1 aliphatic heterocycles. The lowest BCUT2D eigenvalue weighted by molar-refractivity contribution is -0.134. The molecule has 1 amide bonds. The average Bonchev–Trinajstić information content (AvgIpc) is 2.98. The van der Waals surface area contributed by atoms with Crippen LogP contribution in [0.5, 0.6) is 0 Å². The Morgan fingerprint density at radius 1 is 1.47 bits per heavy atom. The third kappa shape index (κ3) is 3.56. The van der Waals surface area contributed by atoms with Crippen molar-refractivity contribution in [3.63, 3.8) is 0 Å². The van der Waals surface area contributed by atoms with Gasteiger partial charge in [0.25, 0.3) is 0 Å². The fourth-order valence-electron chi connectivity index (χ4n) is 2.63. The maximum Gasteiger partial charge on any atom is 0.239 e. The zero-order valence-electron chi connectivity index (χ0n) is 11.7. The van der Waals surface area contributed by atoms with E-state index in [1.807, 2.05) is 21.8 Å². The number of hydrogen-bond donors (Lipinski definition) is 1. The highest BCUT2D eigenvalue weighted by molar-refractivity contribution is 5.81. The number of rotatable bonds is 5. The molecule has 106 valence electrons. The van der Waals surface area contributed by atoms with Gasteiger partial charge in [0.2, 0.25) is 5.91 Å². The zero-order valence-corrected chi connectivity index (χ0v) is 11.7. The normalized spacial score (nSPS) is 18.5. The molecule has 0 bridgehead atoms. The molecule has 2 rings (SSSR count). The summed E-state index contributed by atoms with van der Waals surface area (Å²) >= 11 is 0. The minimum Gasteiger partial charge on any atom is -0.341 e. The second-order valence-corrected chi connectivity index (χ2v) is 5.29. The Morgan fingerprint density at radius 2 is 2.21 bits per heavy atom. The molecule has 0 unspecified atom stereocenters. The summed E-state index contributed by atoms with van der Waals surface area (Å²) in [4.78, 5) is 14.1. The van der Waals surface area contributed by atoms with Gasteiger partial charge in [0, 0.05) is 25.5 Å². The van der Waals surface area contributed by atoms with Crippen molar-refractivity contribution in [2.24, 2.45) is 5.73 Å². The molecule has 1 fully saturated rings. The second kappa shape index (κ2) is 6.70. The van der Waals surface area contributed by atoms with Crippen LogP contribution in [0.1, 0.15) is 45.1 Å². The molecule has 0 radical (unpaired) electrons. The lowest BCUT2D eigenvalue weighted by Crippen LogP contribution is -2.47. The summed E-state index contributed by atoms with van der Waals surface area (Å²) < 4.78 is 2.00. The van der Waals surface area contributed by atoms with Gasteiger partial charge < -0.3 is 10.6 Å². The van der Waals surface area contributed by atoms with Gasteiger partial charge in [-0.2, -0.15) is 5.10 Å². The Kier molecular flexibility index (Phi) is 4.96. The molecule has 0 spiro atoms. The zero-order chi connectivity index (χ0) is 13.7. The number of hydrogen-bond acceptors (Lipinski definition) is 3. The number of nitrogens with two attached hydrogens (primary N) is 1. The number of aromatic nitrogens is 2. The van der Waals surface area contributed by atoms with Gasteiger partial charge in [0.1, 0.15) is 0 Å². The molecule has 1 atom stereocenters. The largest absolute Gasteiger partial charge is 0.341 e. The Morgan fingerprint density at radius 3 is 2.79 bits per heavy atom. The van der Waals surface area contributed by atoms with Gasteiger partial charge in [-0.15, -0.1) is 0 Å². The first-order valence-electron chi connectivity index (χ1n) is 7.26. The van der Waals surface area contributed by atoms with E-state index in [9.17, 15) is 4.79 Å². The van der Waals surface area contributed by atoms with Crippen molar-refractivity contribution in [2.45, 2.75) is 51.1 Å². The monoisotopic (exact) mass is 264 g/mol. The Bertz CT molecular complexity index is 382. The second-order valence-electron chi connectivity index (χ2n) is 5.29. The van der Waals surface area contributed by atoms with Crippen LogP contribution in [-0.4, -0.2) is 39.7 Å². The first kappa shape index (κ1) is 14.1. The maximum absolute atomic E-state index is 12.2. The standard InChI is InChI=1S/C14H24N4O/c1-2-3-5-13(15)14(19)17-10-6-12(7-11-17)18-9-4-8-16-18/h4,8-9,12-13H,2-3,5-7,10-11,15H2,1H3/t13-/m1/s1. The van der Waals surface area contributed by atoms with Crippen molar-refractivity contribution in [2.75, 3.05) is 13.1 Å². The van der Waals surface area contributed by atoms with Crippen LogP contribution in [-0.2, 0) is 4.79 Å². The van der Waals surface area contributed by atoms with Crippen LogP contribution in [0.2, 0.25) is 0 Å². The van der Waals surface area contributed by atoms with E-state index >= 15 is 0 Å². The molecule has 19 heavy (non-hydrogen) atoms. The average molecular weight is 264 g/mol. The molecule has 1 aromatic heterocycles. The Hall–Kier alpha value is -1.36. The highest BCUT2D eigenvalue weighted by Gasteiger charge is 2.26. The quantitative estimate of drug-likeness (QED) is 0.878. The first-order chi connectivity index (χ1) is 9.22. The summed E-state index contributed by atoms with van der Waals surface area (Å²) in [5.41, 5.74) is 5.95. The van der Waals surface area contributed by atoms with E-state index in [4.69, 9.17) is 5.73 Å². The van der Waals surface area contributed by atoms with E-state index in [0.717, 1.165) is 45.2 Å². The summed E-state index contributed by atoms with van der Waals surface area (Å²) in [6, 6.07) is 2.05. The van der Waals surface area contributed by atoms with Gasteiger partial charge in [-0.05, 0) is 25.3 Å². The summed E-state index contributed by atoms with van der Waals surface area (Å²) in [5.74, 6) is 0.118. The number of carbonyl (C=O) groups excluding carboxylic acids is 1. The number of piperidine rings is 1. The van der Waals surface area contributed by atoms with Crippen LogP contribution >= 0.6 is 0 Å². The van der Waals surface area contributed by atoms with Crippen LogP contribution in [0.15, 0.2) is 18.5 Å². The predicted molar refractivity (Wildman–Crippen MR) is 74.6 cm³/mol. The van der Waals surface area contributed by atoms with Crippen LogP contribution < -0.4 is 5.73 Å². The molecule has 0 saturated carbocycles. The molecule has 1 aromatic rings. The molecule has 2 heterocycles. The van der Waals surface area contributed by atoms with Crippen LogP contribution in [0.25, 0.3) is 0 Å². The van der Waals surface area contributed by atoms with Gasteiger partial charge in [0.15, 0.2) is 0 Å². The molecular weight excluding hydrogens is 240 g/mol. The third-order valence-corrected chi connectivity index (χ3v) is 3.86. The smallest absolute Gasteiger partial charge is 0.239 e. The lowest BCUT2D eigenvalue weighted by atomic mass is 10.0. The number of nitrogens with zero attached hydrogens (tertiary/aromatic N) is 3. The van der Waals surface area contributed by atoms with E-state index in [2.05, 4.69) is 12.0 Å². The molecule has 1 saturated heterocycles. The summed E-state index contributed by atoms with van der Waals surface area (Å²) in [6.07, 6.45) is 8.64. The molecule has 0 aliphatic carbocycles. The number of unbranched alkanes of at least 4 members (excludes halogenated alkanes) is 1. The van der Waals surface area contributed by atoms with Gasteiger partial charge >= 0.3 is 0 Å². The van der Waals surface area contributed by atoms with Gasteiger partial charge in [-0.3, -0.25) is 9.48 Å². The first-order valence-corrected chi connectivity index (χ1v) is 7.26. The van der Waals surface area contributed by atoms with Crippen molar-refractivity contribution in [3.8, 4) is 0 Å². The van der Waals surface area contributed by atoms with Crippen molar-refractivity contribution in [3.05, 3.63) is 18.5 Å². The topological polar surface area (TPSA) is 64.2 Å². The molecule has 0 aromatic carbocycles. The molecule has 5 heteroatoms. The summed E-state index contributed by atoms with van der Waals surface area (Å²) in [6.45, 7) is 3.71. The van der Waals surface area contributed by atoms with E-state index in [-0.39, 0.29) is 11.9 Å². The Balaban J connectivity index is 1.81. The molecule has 1 aliphatic rings. The van der Waals surface area contributed by atoms with Gasteiger partial charge in [0.05, 0.1) is 12.1 Å². The Labute approximate surface area is 114 Å². The minimum atomic E-state index is -0.318. The van der Waals surface area contributed by atoms with E-state index < -0.39 is 0 Å². The predicted octanol–water partition coefficient (Wildman–Crippen LogP) is 1.56. The highest BCUT2D eigenvalue weighted by Crippen LogP contribution is 2.22. The fourth-order valence-corrected chi connectivity index (χ4v) is 2.63. The van der Waals surface area contributed by atoms with Crippen molar-refractivity contribution < 1.29 is 4.79 Å². The van der Waals surface area contributed by atoms with E-state index in [1.165, 1.54) is 0 Å². The summed E-state index contributed by atoms with van der Waals surface area (Å²) in [7, 11) is 0. The van der Waals surface area contributed by atoms with Crippen LogP contribution in [0.3, 0.4) is 0 Å². The number of carbonyl (C=O) groups is 1. The highest BCUT2D eigenvalue weighted by atomic mass is 16.2. The minimum absolute atomic E-state index is 0.118. The third-order valence-electron chi connectivity index (χ3n) is 3.86. The summed E-state index contributed by atoms with van der Waals surface area (Å²) in [5, 5.41) is 4.27. The molecule has 2 N–H and O–H groups in total. The van der Waals surface area contributed by atoms with Crippen molar-refractivity contribution >= 4 is 5.91 Å². The number of likely N-dealkylation sites (tertiary alicyclic amines) is 1. The lowest BCUT2D eigenvalue weighted by Gasteiger charge is -2.33. The van der Waals surface area contributed by atoms with Crippen LogP contribution in [0.4, 0.5) is 0 Å². The number of amides is 1. The van der Waals surface area contributed by atoms with Crippen LogP contribution in [0, 0.1) is 0 Å². The van der Waals surface area contributed by atoms with E-state index in [0.29, 0.717) is 6.04 Å². The van der Waals surface area contributed by atoms with Gasteiger partial charge in [-0.25, -0.2) is 0 Å². The van der Waals surface area contributed by atoms with Crippen molar-refractivity contribution in [1.29, 1.82) is 0 Å². The molecular formula is C14H24N4O. The fraction of sp³-hybridized carbons (Fsp3) is 0.714. The maximum atomic E-state index is 12.2. The van der Waals surface area contributed by atoms with Gasteiger partial charge in [-0.1, -0.05) is 19.8 Å². The molecule has 5 nitrogen and oxygen atoms in total. The SMILES string of the molecule is CCCC[C@@H](N)C(=O)N1CCC(n2cccn2)CC1. The van der Waals surface area contributed by atoms with Crippen molar-refractivity contribution in [1.82, 2.24) is 14.7 Å².